The highest BCUT2D eigenvalue weighted by atomic mass is 14.9. The summed E-state index contributed by atoms with van der Waals surface area (Å²) in [6, 6.07) is 9.24. The number of nitrogens with one attached hydrogen (secondary N) is 1. The molecule has 1 spiro atoms. The van der Waals surface area contributed by atoms with Crippen molar-refractivity contribution in [3.63, 3.8) is 0 Å². The van der Waals surface area contributed by atoms with Crippen LogP contribution in [0.2, 0.25) is 0 Å². The van der Waals surface area contributed by atoms with Crippen LogP contribution < -0.4 is 5.32 Å². The molecule has 1 nitrogen and oxygen atoms in total. The zero-order chi connectivity index (χ0) is 13.6. The first-order chi connectivity index (χ1) is 9.84. The van der Waals surface area contributed by atoms with E-state index in [1.165, 1.54) is 51.6 Å². The van der Waals surface area contributed by atoms with Gasteiger partial charge in [-0.15, -0.1) is 0 Å². The van der Waals surface area contributed by atoms with Gasteiger partial charge < -0.3 is 5.32 Å². The number of benzene rings is 1. The van der Waals surface area contributed by atoms with Gasteiger partial charge in [0.1, 0.15) is 0 Å². The third kappa shape index (κ3) is 1.86. The van der Waals surface area contributed by atoms with Gasteiger partial charge in [0, 0.05) is 0 Å². The maximum absolute atomic E-state index is 3.68. The standard InChI is InChI=1S/C19H27N/c1-2-9-20-13-18-12-19(18)16-7-8-17(19)11-15-6-4-3-5-14(15)10-16/h3-6,16-18,20H,2,7-13H2,1H3. The van der Waals surface area contributed by atoms with E-state index >= 15 is 0 Å². The molecule has 3 aliphatic rings. The summed E-state index contributed by atoms with van der Waals surface area (Å²) in [7, 11) is 0. The second-order valence-electron chi connectivity index (χ2n) is 7.37. The Hall–Kier alpha value is -0.820. The largest absolute Gasteiger partial charge is 0.316 e. The Morgan fingerprint density at radius 2 is 1.75 bits per heavy atom. The second kappa shape index (κ2) is 4.87. The van der Waals surface area contributed by atoms with Crippen molar-refractivity contribution in [3.8, 4) is 0 Å². The third-order valence-corrected chi connectivity index (χ3v) is 6.45. The van der Waals surface area contributed by atoms with Gasteiger partial charge in [-0.3, -0.25) is 0 Å². The van der Waals surface area contributed by atoms with Crippen LogP contribution in [0.1, 0.15) is 43.7 Å². The van der Waals surface area contributed by atoms with E-state index in [9.17, 15) is 0 Å². The summed E-state index contributed by atoms with van der Waals surface area (Å²) in [5.41, 5.74) is 4.04. The van der Waals surface area contributed by atoms with Gasteiger partial charge in [-0.25, -0.2) is 0 Å². The van der Waals surface area contributed by atoms with E-state index in [0.29, 0.717) is 0 Å². The fourth-order valence-corrected chi connectivity index (χ4v) is 5.43. The first-order valence-corrected chi connectivity index (χ1v) is 8.62. The molecule has 0 radical (unpaired) electrons. The minimum absolute atomic E-state index is 0.722. The molecule has 2 fully saturated rings. The van der Waals surface area contributed by atoms with Gasteiger partial charge in [0.25, 0.3) is 0 Å². The second-order valence-corrected chi connectivity index (χ2v) is 7.37. The van der Waals surface area contributed by atoms with E-state index in [1.807, 2.05) is 0 Å². The van der Waals surface area contributed by atoms with Gasteiger partial charge in [-0.05, 0) is 85.9 Å². The summed E-state index contributed by atoms with van der Waals surface area (Å²) in [4.78, 5) is 0. The molecule has 2 bridgehead atoms. The molecule has 0 saturated heterocycles. The molecule has 0 aromatic heterocycles. The third-order valence-electron chi connectivity index (χ3n) is 6.45. The Kier molecular flexibility index (Phi) is 3.14. The van der Waals surface area contributed by atoms with E-state index in [0.717, 1.165) is 23.2 Å². The lowest BCUT2D eigenvalue weighted by molar-refractivity contribution is 0.257. The maximum Gasteiger partial charge on any atom is -0.00148 e. The first kappa shape index (κ1) is 12.9. The molecule has 1 aromatic carbocycles. The Morgan fingerprint density at radius 1 is 1.10 bits per heavy atom. The van der Waals surface area contributed by atoms with Crippen LogP contribution in [-0.4, -0.2) is 13.1 Å². The molecule has 3 unspecified atom stereocenters. The van der Waals surface area contributed by atoms with Crippen LogP contribution in [0.15, 0.2) is 24.3 Å². The van der Waals surface area contributed by atoms with Crippen LogP contribution in [0.3, 0.4) is 0 Å². The lowest BCUT2D eigenvalue weighted by Crippen LogP contribution is -2.26. The molecule has 1 heteroatoms. The monoisotopic (exact) mass is 269 g/mol. The summed E-state index contributed by atoms with van der Waals surface area (Å²) in [5.74, 6) is 2.93. The Morgan fingerprint density at radius 3 is 2.35 bits per heavy atom. The molecule has 2 saturated carbocycles. The van der Waals surface area contributed by atoms with Crippen LogP contribution in [-0.2, 0) is 12.8 Å². The molecule has 1 aromatic rings. The average Bonchev–Trinajstić information content (AvgIpc) is 3.09. The van der Waals surface area contributed by atoms with E-state index in [2.05, 4.69) is 36.5 Å². The Balaban J connectivity index is 1.54. The molecule has 0 aliphatic heterocycles. The van der Waals surface area contributed by atoms with E-state index in [1.54, 1.807) is 11.1 Å². The zero-order valence-electron chi connectivity index (χ0n) is 12.7. The minimum Gasteiger partial charge on any atom is -0.316 e. The summed E-state index contributed by atoms with van der Waals surface area (Å²) < 4.78 is 0. The molecule has 4 rings (SSSR count). The Bertz CT molecular complexity index is 459. The van der Waals surface area contributed by atoms with Crippen LogP contribution >= 0.6 is 0 Å². The lowest BCUT2D eigenvalue weighted by atomic mass is 9.82. The van der Waals surface area contributed by atoms with Crippen molar-refractivity contribution in [2.45, 2.75) is 45.4 Å². The Labute approximate surface area is 123 Å². The quantitative estimate of drug-likeness (QED) is 0.819. The van der Waals surface area contributed by atoms with E-state index < -0.39 is 0 Å². The van der Waals surface area contributed by atoms with Crippen molar-refractivity contribution in [1.29, 1.82) is 0 Å². The molecular formula is C19H27N. The van der Waals surface area contributed by atoms with Crippen molar-refractivity contribution in [2.75, 3.05) is 13.1 Å². The smallest absolute Gasteiger partial charge is 0.00148 e. The van der Waals surface area contributed by atoms with Gasteiger partial charge in [0.15, 0.2) is 0 Å². The van der Waals surface area contributed by atoms with Gasteiger partial charge in [-0.1, -0.05) is 31.2 Å². The molecule has 0 heterocycles. The predicted molar refractivity (Wildman–Crippen MR) is 83.8 cm³/mol. The first-order valence-electron chi connectivity index (χ1n) is 8.62. The highest BCUT2D eigenvalue weighted by molar-refractivity contribution is 5.33. The number of fused-ring (bicyclic) bond motifs is 1. The van der Waals surface area contributed by atoms with E-state index in [4.69, 9.17) is 0 Å². The number of hydrogen-bond acceptors (Lipinski definition) is 1. The fourth-order valence-electron chi connectivity index (χ4n) is 5.43. The van der Waals surface area contributed by atoms with E-state index in [-0.39, 0.29) is 0 Å². The van der Waals surface area contributed by atoms with Crippen LogP contribution in [0, 0.1) is 23.2 Å². The van der Waals surface area contributed by atoms with Crippen molar-refractivity contribution in [2.24, 2.45) is 23.2 Å². The maximum atomic E-state index is 3.68. The summed E-state index contributed by atoms with van der Waals surface area (Å²) in [6.07, 6.45) is 8.46. The van der Waals surface area contributed by atoms with Gasteiger partial charge >= 0.3 is 0 Å². The molecule has 20 heavy (non-hydrogen) atoms. The SMILES string of the molecule is CCCNCC1CC12C1CCC2Cc2ccccc2C1. The van der Waals surface area contributed by atoms with Gasteiger partial charge in [0.05, 0.1) is 0 Å². The van der Waals surface area contributed by atoms with Gasteiger partial charge in [0.2, 0.25) is 0 Å². The molecular weight excluding hydrogens is 242 g/mol. The van der Waals surface area contributed by atoms with Crippen molar-refractivity contribution in [1.82, 2.24) is 5.32 Å². The normalized spacial score (nSPS) is 37.8. The highest BCUT2D eigenvalue weighted by Gasteiger charge is 2.65. The molecule has 108 valence electrons. The van der Waals surface area contributed by atoms with Crippen LogP contribution in [0.5, 0.6) is 0 Å². The summed E-state index contributed by atoms with van der Waals surface area (Å²) in [6.45, 7) is 4.74. The minimum atomic E-state index is 0.722. The molecule has 3 atom stereocenters. The van der Waals surface area contributed by atoms with Crippen molar-refractivity contribution >= 4 is 0 Å². The number of hydrogen-bond donors (Lipinski definition) is 1. The fraction of sp³-hybridized carbons (Fsp3) is 0.684. The average molecular weight is 269 g/mol. The molecule has 0 amide bonds. The summed E-state index contributed by atoms with van der Waals surface area (Å²) >= 11 is 0. The topological polar surface area (TPSA) is 12.0 Å². The van der Waals surface area contributed by atoms with Crippen LogP contribution in [0.4, 0.5) is 0 Å². The van der Waals surface area contributed by atoms with Gasteiger partial charge in [-0.2, -0.15) is 0 Å². The lowest BCUT2D eigenvalue weighted by Gasteiger charge is -2.23. The van der Waals surface area contributed by atoms with Crippen molar-refractivity contribution < 1.29 is 0 Å². The molecule has 3 aliphatic carbocycles. The van der Waals surface area contributed by atoms with Crippen LogP contribution in [0.25, 0.3) is 0 Å². The zero-order valence-corrected chi connectivity index (χ0v) is 12.7. The van der Waals surface area contributed by atoms with Crippen molar-refractivity contribution in [3.05, 3.63) is 35.4 Å². The molecule has 1 N–H and O–H groups in total. The number of rotatable bonds is 4. The highest BCUT2D eigenvalue weighted by Crippen LogP contribution is 2.70. The predicted octanol–water partition coefficient (Wildman–Crippen LogP) is 3.82. The summed E-state index contributed by atoms with van der Waals surface area (Å²) in [5, 5.41) is 3.68.